The molecule has 0 unspecified atom stereocenters. The van der Waals surface area contributed by atoms with Gasteiger partial charge in [-0.25, -0.2) is 9.78 Å². The van der Waals surface area contributed by atoms with Gasteiger partial charge in [-0.15, -0.1) is 0 Å². The van der Waals surface area contributed by atoms with E-state index in [4.69, 9.17) is 4.74 Å². The lowest BCUT2D eigenvalue weighted by Crippen LogP contribution is -2.14. The maximum Gasteiger partial charge on any atom is 0.339 e. The number of ether oxygens (including phenoxy) is 1. The third kappa shape index (κ3) is 3.02. The van der Waals surface area contributed by atoms with E-state index in [2.05, 4.69) is 16.0 Å². The van der Waals surface area contributed by atoms with Gasteiger partial charge >= 0.3 is 5.97 Å². The van der Waals surface area contributed by atoms with Crippen molar-refractivity contribution in [1.82, 2.24) is 9.97 Å². The Morgan fingerprint density at radius 2 is 1.41 bits per heavy atom. The molecule has 4 aromatic carbocycles. The first-order valence-electron chi connectivity index (χ1n) is 9.26. The quantitative estimate of drug-likeness (QED) is 0.367. The van der Waals surface area contributed by atoms with Crippen LogP contribution >= 0.6 is 0 Å². The molecule has 0 radical (unpaired) electrons. The van der Waals surface area contributed by atoms with Crippen LogP contribution in [0.3, 0.4) is 0 Å². The molecule has 0 aliphatic carbocycles. The van der Waals surface area contributed by atoms with Crippen LogP contribution in [0, 0.1) is 0 Å². The number of aromatic amines is 1. The highest BCUT2D eigenvalue weighted by Crippen LogP contribution is 2.29. The summed E-state index contributed by atoms with van der Waals surface area (Å²) in [5.74, 6) is -0.139. The van der Waals surface area contributed by atoms with Crippen LogP contribution in [0.15, 0.2) is 83.7 Å². The molecule has 0 aliphatic heterocycles. The summed E-state index contributed by atoms with van der Waals surface area (Å²) >= 11 is 0. The third-order valence-corrected chi connectivity index (χ3v) is 4.98. The predicted octanol–water partition coefficient (Wildman–Crippen LogP) is 4.59. The molecule has 0 atom stereocenters. The summed E-state index contributed by atoms with van der Waals surface area (Å²) in [6.45, 7) is -0.115. The number of hydrogen-bond acceptors (Lipinski definition) is 4. The van der Waals surface area contributed by atoms with Crippen LogP contribution in [0.4, 0.5) is 0 Å². The summed E-state index contributed by atoms with van der Waals surface area (Å²) in [7, 11) is 0. The molecule has 5 heteroatoms. The van der Waals surface area contributed by atoms with Crippen LogP contribution in [0.5, 0.6) is 0 Å². The topological polar surface area (TPSA) is 72.0 Å². The fourth-order valence-electron chi connectivity index (χ4n) is 3.64. The number of fused-ring (bicyclic) bond motifs is 3. The summed E-state index contributed by atoms with van der Waals surface area (Å²) in [6, 6.07) is 24.6. The smallest absolute Gasteiger partial charge is 0.339 e. The molecule has 0 saturated heterocycles. The highest BCUT2D eigenvalue weighted by atomic mass is 16.5. The minimum absolute atomic E-state index is 0.115. The second kappa shape index (κ2) is 6.87. The molecule has 0 saturated carbocycles. The number of rotatable bonds is 3. The Labute approximate surface area is 165 Å². The summed E-state index contributed by atoms with van der Waals surface area (Å²) in [5.41, 5.74) is 0.831. The molecule has 0 aliphatic rings. The van der Waals surface area contributed by atoms with Crippen LogP contribution < -0.4 is 5.56 Å². The van der Waals surface area contributed by atoms with Crippen molar-refractivity contribution in [2.75, 3.05) is 0 Å². The molecule has 5 aromatic rings. The zero-order chi connectivity index (χ0) is 19.8. The number of nitrogens with one attached hydrogen (secondary N) is 1. The largest absolute Gasteiger partial charge is 0.454 e. The van der Waals surface area contributed by atoms with Crippen molar-refractivity contribution in [3.05, 3.63) is 101 Å². The van der Waals surface area contributed by atoms with E-state index in [0.29, 0.717) is 22.3 Å². The minimum Gasteiger partial charge on any atom is -0.454 e. The van der Waals surface area contributed by atoms with E-state index in [1.165, 1.54) is 0 Å². The van der Waals surface area contributed by atoms with Gasteiger partial charge in [-0.05, 0) is 39.7 Å². The molecule has 1 aromatic heterocycles. The molecule has 5 rings (SSSR count). The number of para-hydroxylation sites is 1. The Kier molecular flexibility index (Phi) is 4.06. The fraction of sp³-hybridized carbons (Fsp3) is 0.0417. The molecule has 140 valence electrons. The summed E-state index contributed by atoms with van der Waals surface area (Å²) in [6.07, 6.45) is 0. The van der Waals surface area contributed by atoms with Crippen LogP contribution in [0.1, 0.15) is 16.2 Å². The van der Waals surface area contributed by atoms with Gasteiger partial charge in [0.25, 0.3) is 5.56 Å². The Bertz CT molecular complexity index is 1400. The summed E-state index contributed by atoms with van der Waals surface area (Å²) in [4.78, 5) is 32.4. The predicted molar refractivity (Wildman–Crippen MR) is 113 cm³/mol. The van der Waals surface area contributed by atoms with Gasteiger partial charge in [0, 0.05) is 0 Å². The lowest BCUT2D eigenvalue weighted by Gasteiger charge is -2.11. The number of carbonyl (C=O) groups is 1. The number of aromatic nitrogens is 2. The molecule has 0 fully saturated rings. The van der Waals surface area contributed by atoms with Crippen molar-refractivity contribution >= 4 is 38.4 Å². The van der Waals surface area contributed by atoms with E-state index in [9.17, 15) is 9.59 Å². The van der Waals surface area contributed by atoms with Crippen LogP contribution in [-0.4, -0.2) is 15.9 Å². The molecule has 0 bridgehead atoms. The van der Waals surface area contributed by atoms with Gasteiger partial charge in [-0.2, -0.15) is 0 Å². The second-order valence-electron chi connectivity index (χ2n) is 6.80. The molecule has 29 heavy (non-hydrogen) atoms. The first-order chi connectivity index (χ1) is 14.2. The molecular formula is C24H16N2O3. The van der Waals surface area contributed by atoms with Crippen molar-refractivity contribution < 1.29 is 9.53 Å². The Balaban J connectivity index is 1.54. The van der Waals surface area contributed by atoms with Gasteiger partial charge in [0.1, 0.15) is 12.4 Å². The monoisotopic (exact) mass is 380 g/mol. The number of hydrogen-bond donors (Lipinski definition) is 1. The van der Waals surface area contributed by atoms with E-state index in [1.54, 1.807) is 18.2 Å². The van der Waals surface area contributed by atoms with Crippen LogP contribution in [-0.2, 0) is 11.3 Å². The van der Waals surface area contributed by atoms with E-state index in [-0.39, 0.29) is 12.2 Å². The van der Waals surface area contributed by atoms with E-state index >= 15 is 0 Å². The molecule has 1 heterocycles. The van der Waals surface area contributed by atoms with Crippen LogP contribution in [0.25, 0.3) is 32.4 Å². The molecule has 0 spiro atoms. The van der Waals surface area contributed by atoms with Gasteiger partial charge in [-0.3, -0.25) is 4.79 Å². The molecule has 0 amide bonds. The Hall–Kier alpha value is -3.99. The van der Waals surface area contributed by atoms with Gasteiger partial charge in [-0.1, -0.05) is 60.7 Å². The second-order valence-corrected chi connectivity index (χ2v) is 6.80. The number of esters is 1. The molecule has 5 nitrogen and oxygen atoms in total. The number of H-pyrrole nitrogens is 1. The zero-order valence-electron chi connectivity index (χ0n) is 15.4. The van der Waals surface area contributed by atoms with Crippen molar-refractivity contribution in [2.24, 2.45) is 0 Å². The first-order valence-corrected chi connectivity index (χ1v) is 9.26. The lowest BCUT2D eigenvalue weighted by atomic mass is 9.97. The maximum atomic E-state index is 13.1. The van der Waals surface area contributed by atoms with Crippen LogP contribution in [0.2, 0.25) is 0 Å². The van der Waals surface area contributed by atoms with E-state index in [1.807, 2.05) is 54.6 Å². The van der Waals surface area contributed by atoms with E-state index in [0.717, 1.165) is 21.5 Å². The number of nitrogens with zero attached hydrogens (tertiary/aromatic N) is 1. The number of carbonyl (C=O) groups excluding carboxylic acids is 1. The van der Waals surface area contributed by atoms with Gasteiger partial charge < -0.3 is 9.72 Å². The van der Waals surface area contributed by atoms with Crippen molar-refractivity contribution in [3.8, 4) is 0 Å². The normalized spacial score (nSPS) is 11.2. The average Bonchev–Trinajstić information content (AvgIpc) is 2.76. The van der Waals surface area contributed by atoms with Gasteiger partial charge in [0.15, 0.2) is 0 Å². The number of benzene rings is 4. The van der Waals surface area contributed by atoms with E-state index < -0.39 is 5.97 Å². The van der Waals surface area contributed by atoms with Gasteiger partial charge in [0.05, 0.1) is 16.5 Å². The molecule has 1 N–H and O–H groups in total. The standard InChI is InChI=1S/C24H16N2O3/c27-23-19-11-5-6-12-20(19)25-21(26-23)14-29-24(28)22-17-9-3-1-7-15(17)13-16-8-2-4-10-18(16)22/h1-13H,14H2,(H,25,26,27). The SMILES string of the molecule is O=C(OCc1nc2ccccc2c(=O)[nH]1)c1c2ccccc2cc2ccccc12. The first kappa shape index (κ1) is 17.1. The van der Waals surface area contributed by atoms with Crippen molar-refractivity contribution in [1.29, 1.82) is 0 Å². The van der Waals surface area contributed by atoms with Crippen molar-refractivity contribution in [2.45, 2.75) is 6.61 Å². The maximum absolute atomic E-state index is 13.1. The highest BCUT2D eigenvalue weighted by molar-refractivity contribution is 6.16. The Morgan fingerprint density at radius 3 is 2.10 bits per heavy atom. The fourth-order valence-corrected chi connectivity index (χ4v) is 3.64. The molecular weight excluding hydrogens is 364 g/mol. The Morgan fingerprint density at radius 1 is 0.828 bits per heavy atom. The zero-order valence-corrected chi connectivity index (χ0v) is 15.4. The van der Waals surface area contributed by atoms with Crippen molar-refractivity contribution in [3.63, 3.8) is 0 Å². The summed E-state index contributed by atoms with van der Waals surface area (Å²) in [5, 5.41) is 4.10. The van der Waals surface area contributed by atoms with Gasteiger partial charge in [0.2, 0.25) is 0 Å². The highest BCUT2D eigenvalue weighted by Gasteiger charge is 2.17. The minimum atomic E-state index is -0.450. The summed E-state index contributed by atoms with van der Waals surface area (Å²) < 4.78 is 5.56. The lowest BCUT2D eigenvalue weighted by molar-refractivity contribution is 0.0467. The third-order valence-electron chi connectivity index (χ3n) is 4.98. The average molecular weight is 380 g/mol.